The first-order chi connectivity index (χ1) is 46.1. The first-order valence-corrected chi connectivity index (χ1v) is 42.7. The molecule has 17 nitrogen and oxygen atoms in total. The molecule has 6 atom stereocenters. The zero-order chi connectivity index (χ0) is 71.0. The van der Waals surface area contributed by atoms with Gasteiger partial charge < -0.3 is 33.8 Å². The highest BCUT2D eigenvalue weighted by molar-refractivity contribution is 7.47. The van der Waals surface area contributed by atoms with Crippen LogP contribution in [0.2, 0.25) is 0 Å². The maximum absolute atomic E-state index is 13.1. The molecule has 0 rings (SSSR count). The minimum absolute atomic E-state index is 0.105. The summed E-state index contributed by atoms with van der Waals surface area (Å²) in [5.74, 6) is 0.939. The molecule has 0 heterocycles. The second kappa shape index (κ2) is 66.3. The molecule has 0 aliphatic carbocycles. The second-order valence-corrected chi connectivity index (χ2v) is 32.3. The summed E-state index contributed by atoms with van der Waals surface area (Å²) in [5, 5.41) is 10.6. The van der Waals surface area contributed by atoms with E-state index in [1.54, 1.807) is 0 Å². The maximum atomic E-state index is 13.1. The van der Waals surface area contributed by atoms with E-state index in [2.05, 4.69) is 55.4 Å². The van der Waals surface area contributed by atoms with Crippen molar-refractivity contribution in [3.63, 3.8) is 0 Å². The van der Waals surface area contributed by atoms with Crippen LogP contribution in [0.15, 0.2) is 0 Å². The zero-order valence-electron chi connectivity index (χ0n) is 63.0. The fourth-order valence-electron chi connectivity index (χ4n) is 11.7. The van der Waals surface area contributed by atoms with Crippen LogP contribution < -0.4 is 0 Å². The van der Waals surface area contributed by atoms with Crippen LogP contribution in [-0.4, -0.2) is 96.7 Å². The number of carbonyl (C=O) groups excluding carboxylic acids is 4. The van der Waals surface area contributed by atoms with Crippen LogP contribution in [0, 0.1) is 23.7 Å². The first-order valence-electron chi connectivity index (χ1n) is 39.7. The Labute approximate surface area is 588 Å². The number of phosphoric ester groups is 2. The molecule has 0 aromatic rings. The normalized spacial score (nSPS) is 14.4. The van der Waals surface area contributed by atoms with Gasteiger partial charge in [-0.15, -0.1) is 0 Å². The van der Waals surface area contributed by atoms with Crippen molar-refractivity contribution in [1.82, 2.24) is 0 Å². The van der Waals surface area contributed by atoms with E-state index in [1.807, 2.05) is 0 Å². The van der Waals surface area contributed by atoms with Gasteiger partial charge in [0.1, 0.15) is 19.3 Å². The minimum atomic E-state index is -4.96. The standard InChI is InChI=1S/C77H150O17P2/c1-9-70(8)56-48-40-31-25-21-22-28-34-44-52-60-77(82)94-73(64-88-75(80)58-50-42-36-35-39-47-55-69(6)7)66-92-96(85,86)90-62-71(78)61-89-95(83,84)91-65-72(93-76(81)59-51-43-33-27-20-16-18-24-30-38-46-54-68(4)5)63-87-74(79)57-49-41-32-26-19-15-13-11-10-12-14-17-23-29-37-45-53-67(2)3/h67-73,78H,9-66H2,1-8H3,(H,83,84)(H,85,86)/t70?,71-,72-,73-/m1/s1. The summed E-state index contributed by atoms with van der Waals surface area (Å²) >= 11 is 0. The highest BCUT2D eigenvalue weighted by Gasteiger charge is 2.30. The lowest BCUT2D eigenvalue weighted by molar-refractivity contribution is -0.161. The summed E-state index contributed by atoms with van der Waals surface area (Å²) in [7, 11) is -9.91. The van der Waals surface area contributed by atoms with Crippen molar-refractivity contribution in [2.24, 2.45) is 23.7 Å². The Morgan fingerprint density at radius 2 is 0.500 bits per heavy atom. The fourth-order valence-corrected chi connectivity index (χ4v) is 13.3. The Hall–Kier alpha value is -1.94. The summed E-state index contributed by atoms with van der Waals surface area (Å²) in [5.41, 5.74) is 0. The van der Waals surface area contributed by atoms with Crippen molar-refractivity contribution in [1.29, 1.82) is 0 Å². The largest absolute Gasteiger partial charge is 0.472 e. The molecule has 0 bridgehead atoms. The number of hydrogen-bond acceptors (Lipinski definition) is 15. The topological polar surface area (TPSA) is 237 Å². The smallest absolute Gasteiger partial charge is 0.462 e. The molecule has 0 aliphatic rings. The SMILES string of the molecule is CCC(C)CCCCCCCCCCCCC(=O)O[C@H](COC(=O)CCCCCCCCC(C)C)COP(=O)(O)OC[C@H](O)COP(=O)(O)OC[C@@H](COC(=O)CCCCCCCCCCCCCCCCCCC(C)C)OC(=O)CCCCCCCCCCCCCC(C)C. The number of phosphoric acid groups is 2. The molecule has 570 valence electrons. The van der Waals surface area contributed by atoms with Crippen LogP contribution in [0.25, 0.3) is 0 Å². The van der Waals surface area contributed by atoms with Crippen LogP contribution in [0.5, 0.6) is 0 Å². The quantitative estimate of drug-likeness (QED) is 0.0222. The molecule has 0 aromatic carbocycles. The predicted molar refractivity (Wildman–Crippen MR) is 391 cm³/mol. The number of unbranched alkanes of at least 4 members (excludes halogenated alkanes) is 39. The summed E-state index contributed by atoms with van der Waals surface area (Å²) in [6.45, 7) is 14.2. The van der Waals surface area contributed by atoms with E-state index in [0.717, 1.165) is 114 Å². The third-order valence-electron chi connectivity index (χ3n) is 18.2. The molecule has 0 aliphatic heterocycles. The van der Waals surface area contributed by atoms with Crippen LogP contribution >= 0.6 is 15.6 Å². The van der Waals surface area contributed by atoms with Gasteiger partial charge in [-0.3, -0.25) is 37.3 Å². The van der Waals surface area contributed by atoms with E-state index >= 15 is 0 Å². The third-order valence-corrected chi connectivity index (χ3v) is 20.1. The number of aliphatic hydroxyl groups excluding tert-OH is 1. The number of rotatable bonds is 74. The Balaban J connectivity index is 5.22. The van der Waals surface area contributed by atoms with E-state index in [9.17, 15) is 43.2 Å². The van der Waals surface area contributed by atoms with Crippen molar-refractivity contribution in [2.45, 2.75) is 408 Å². The van der Waals surface area contributed by atoms with Crippen molar-refractivity contribution in [3.8, 4) is 0 Å². The van der Waals surface area contributed by atoms with E-state index < -0.39 is 97.5 Å². The molecule has 0 spiro atoms. The van der Waals surface area contributed by atoms with Crippen LogP contribution in [0.3, 0.4) is 0 Å². The van der Waals surface area contributed by atoms with Crippen molar-refractivity contribution in [3.05, 3.63) is 0 Å². The molecule has 0 radical (unpaired) electrons. The van der Waals surface area contributed by atoms with Crippen LogP contribution in [0.1, 0.15) is 389 Å². The lowest BCUT2D eigenvalue weighted by Gasteiger charge is -2.21. The molecule has 3 unspecified atom stereocenters. The van der Waals surface area contributed by atoms with Gasteiger partial charge in [-0.1, -0.05) is 338 Å². The maximum Gasteiger partial charge on any atom is 0.472 e. The summed E-state index contributed by atoms with van der Waals surface area (Å²) in [6, 6.07) is 0. The third kappa shape index (κ3) is 69.2. The minimum Gasteiger partial charge on any atom is -0.462 e. The highest BCUT2D eigenvalue weighted by atomic mass is 31.2. The average molecular weight is 1410 g/mol. The zero-order valence-corrected chi connectivity index (χ0v) is 64.8. The fraction of sp³-hybridized carbons (Fsp3) is 0.948. The second-order valence-electron chi connectivity index (χ2n) is 29.4. The van der Waals surface area contributed by atoms with E-state index in [-0.39, 0.29) is 25.7 Å². The Morgan fingerprint density at radius 1 is 0.292 bits per heavy atom. The molecule has 0 amide bonds. The van der Waals surface area contributed by atoms with Crippen molar-refractivity contribution < 1.29 is 80.2 Å². The summed E-state index contributed by atoms with van der Waals surface area (Å²) in [4.78, 5) is 72.8. The number of hydrogen-bond donors (Lipinski definition) is 3. The Morgan fingerprint density at radius 3 is 0.740 bits per heavy atom. The van der Waals surface area contributed by atoms with Crippen LogP contribution in [-0.2, 0) is 65.4 Å². The first kappa shape index (κ1) is 94.1. The van der Waals surface area contributed by atoms with Gasteiger partial charge in [-0.25, -0.2) is 9.13 Å². The van der Waals surface area contributed by atoms with Gasteiger partial charge in [0.05, 0.1) is 26.4 Å². The number of aliphatic hydroxyl groups is 1. The van der Waals surface area contributed by atoms with Crippen molar-refractivity contribution >= 4 is 39.5 Å². The molecule has 96 heavy (non-hydrogen) atoms. The van der Waals surface area contributed by atoms with Crippen molar-refractivity contribution in [2.75, 3.05) is 39.6 Å². The summed E-state index contributed by atoms with van der Waals surface area (Å²) in [6.07, 6.45) is 51.4. The van der Waals surface area contributed by atoms with E-state index in [0.29, 0.717) is 31.6 Å². The molecule has 0 aromatic heterocycles. The number of carbonyl (C=O) groups is 4. The lowest BCUT2D eigenvalue weighted by Crippen LogP contribution is -2.30. The van der Waals surface area contributed by atoms with Gasteiger partial charge in [0.2, 0.25) is 0 Å². The summed E-state index contributed by atoms with van der Waals surface area (Å²) < 4.78 is 68.5. The predicted octanol–water partition coefficient (Wildman–Crippen LogP) is 22.4. The molecule has 0 fully saturated rings. The van der Waals surface area contributed by atoms with Crippen LogP contribution in [0.4, 0.5) is 0 Å². The van der Waals surface area contributed by atoms with E-state index in [4.69, 9.17) is 37.0 Å². The number of ether oxygens (including phenoxy) is 4. The average Bonchev–Trinajstić information content (AvgIpc) is 1.40. The molecule has 0 saturated carbocycles. The van der Waals surface area contributed by atoms with Gasteiger partial charge in [0.15, 0.2) is 12.2 Å². The molecular weight excluding hydrogens is 1260 g/mol. The van der Waals surface area contributed by atoms with Gasteiger partial charge in [0, 0.05) is 25.7 Å². The lowest BCUT2D eigenvalue weighted by atomic mass is 9.99. The molecular formula is C77H150O17P2. The molecule has 19 heteroatoms. The van der Waals surface area contributed by atoms with E-state index in [1.165, 1.54) is 186 Å². The van der Waals surface area contributed by atoms with Gasteiger partial charge >= 0.3 is 39.5 Å². The van der Waals surface area contributed by atoms with Gasteiger partial charge in [-0.2, -0.15) is 0 Å². The molecule has 0 saturated heterocycles. The monoisotopic (exact) mass is 1410 g/mol. The molecule has 3 N–H and O–H groups in total. The highest BCUT2D eigenvalue weighted by Crippen LogP contribution is 2.45. The number of esters is 4. The van der Waals surface area contributed by atoms with Gasteiger partial charge in [-0.05, 0) is 49.4 Å². The Kier molecular flexibility index (Phi) is 65.0. The van der Waals surface area contributed by atoms with Gasteiger partial charge in [0.25, 0.3) is 0 Å². The Bertz CT molecular complexity index is 1890.